The van der Waals surface area contributed by atoms with Gasteiger partial charge in [0, 0.05) is 50.5 Å². The van der Waals surface area contributed by atoms with Crippen LogP contribution in [0.5, 0.6) is 0 Å². The van der Waals surface area contributed by atoms with Gasteiger partial charge in [0.2, 0.25) is 5.91 Å². The molecule has 186 valence electrons. The highest BCUT2D eigenvalue weighted by atomic mass is 16.4. The van der Waals surface area contributed by atoms with E-state index in [9.17, 15) is 19.5 Å². The molecule has 4 rings (SSSR count). The van der Waals surface area contributed by atoms with Gasteiger partial charge in [0.15, 0.2) is 0 Å². The first-order chi connectivity index (χ1) is 16.9. The number of amides is 2. The van der Waals surface area contributed by atoms with Gasteiger partial charge in [-0.05, 0) is 50.1 Å². The summed E-state index contributed by atoms with van der Waals surface area (Å²) in [5.74, 6) is -1.22. The monoisotopic (exact) mass is 478 g/mol. The van der Waals surface area contributed by atoms with Crippen LogP contribution in [0, 0.1) is 6.92 Å². The van der Waals surface area contributed by atoms with Crippen LogP contribution in [0.25, 0.3) is 0 Å². The molecule has 2 aliphatic rings. The van der Waals surface area contributed by atoms with E-state index in [-0.39, 0.29) is 23.1 Å². The molecule has 35 heavy (non-hydrogen) atoms. The average molecular weight is 479 g/mol. The van der Waals surface area contributed by atoms with Crippen molar-refractivity contribution >= 4 is 29.2 Å². The topological polar surface area (TPSA) is 93.2 Å². The molecule has 2 heterocycles. The molecule has 2 fully saturated rings. The second kappa shape index (κ2) is 11.4. The maximum atomic E-state index is 12.7. The molecule has 2 saturated heterocycles. The van der Waals surface area contributed by atoms with E-state index in [4.69, 9.17) is 0 Å². The third kappa shape index (κ3) is 6.39. The number of rotatable bonds is 6. The van der Waals surface area contributed by atoms with Crippen LogP contribution in [0.2, 0.25) is 0 Å². The Hall–Kier alpha value is -3.39. The van der Waals surface area contributed by atoms with Crippen LogP contribution in [0.3, 0.4) is 0 Å². The van der Waals surface area contributed by atoms with Crippen molar-refractivity contribution in [3.8, 4) is 0 Å². The number of aromatic carboxylic acids is 1. The van der Waals surface area contributed by atoms with Gasteiger partial charge in [-0.1, -0.05) is 30.5 Å². The first-order valence-electron chi connectivity index (χ1n) is 12.4. The number of carboxylic acid groups (broad SMARTS) is 1. The lowest BCUT2D eigenvalue weighted by Crippen LogP contribution is -2.50. The number of likely N-dealkylation sites (tertiary alicyclic amines) is 1. The van der Waals surface area contributed by atoms with E-state index in [0.717, 1.165) is 50.3 Å². The minimum atomic E-state index is -1.09. The lowest BCUT2D eigenvalue weighted by molar-refractivity contribution is -0.132. The number of anilines is 2. The molecular formula is C27H34N4O4. The number of carbonyl (C=O) groups is 3. The number of hydrogen-bond donors (Lipinski definition) is 2. The first kappa shape index (κ1) is 24.7. The number of hydrogen-bond acceptors (Lipinski definition) is 5. The summed E-state index contributed by atoms with van der Waals surface area (Å²) in [5.41, 5.74) is 2.57. The van der Waals surface area contributed by atoms with Crippen molar-refractivity contribution in [2.45, 2.75) is 32.6 Å². The summed E-state index contributed by atoms with van der Waals surface area (Å²) in [6.45, 7) is 6.98. The van der Waals surface area contributed by atoms with Gasteiger partial charge in [0.1, 0.15) is 0 Å². The summed E-state index contributed by atoms with van der Waals surface area (Å²) in [4.78, 5) is 43.6. The molecule has 8 heteroatoms. The molecule has 2 aromatic carbocycles. The summed E-state index contributed by atoms with van der Waals surface area (Å²) in [6.07, 6.45) is 4.59. The highest BCUT2D eigenvalue weighted by Crippen LogP contribution is 2.25. The molecule has 0 spiro atoms. The van der Waals surface area contributed by atoms with Gasteiger partial charge in [0.05, 0.1) is 17.8 Å². The maximum absolute atomic E-state index is 12.7. The number of piperazine rings is 1. The lowest BCUT2D eigenvalue weighted by atomic mass is 10.1. The van der Waals surface area contributed by atoms with Gasteiger partial charge in [-0.2, -0.15) is 0 Å². The zero-order valence-electron chi connectivity index (χ0n) is 20.3. The Morgan fingerprint density at radius 3 is 2.26 bits per heavy atom. The van der Waals surface area contributed by atoms with Crippen LogP contribution in [-0.4, -0.2) is 78.5 Å². The zero-order chi connectivity index (χ0) is 24.8. The van der Waals surface area contributed by atoms with E-state index in [1.807, 2.05) is 24.0 Å². The van der Waals surface area contributed by atoms with Crippen LogP contribution < -0.4 is 10.2 Å². The molecule has 0 aromatic heterocycles. The maximum Gasteiger partial charge on any atom is 0.337 e. The standard InChI is InChI=1S/C27H34N4O4/c1-20-7-6-8-21(17-20)26(33)28-24-10-9-22(18-23(24)27(34)35)30-15-13-29(14-16-30)19-25(32)31-11-4-2-3-5-12-31/h6-10,17-18H,2-5,11-16,19H2,1H3,(H,28,33)(H,34,35). The van der Waals surface area contributed by atoms with Gasteiger partial charge in [-0.3, -0.25) is 14.5 Å². The van der Waals surface area contributed by atoms with Crippen LogP contribution in [0.15, 0.2) is 42.5 Å². The number of aryl methyl sites for hydroxylation is 1. The minimum absolute atomic E-state index is 0.0577. The minimum Gasteiger partial charge on any atom is -0.478 e. The quantitative estimate of drug-likeness (QED) is 0.661. The summed E-state index contributed by atoms with van der Waals surface area (Å²) >= 11 is 0. The van der Waals surface area contributed by atoms with Crippen LogP contribution in [-0.2, 0) is 4.79 Å². The molecule has 0 bridgehead atoms. The van der Waals surface area contributed by atoms with Crippen molar-refractivity contribution in [1.29, 1.82) is 0 Å². The SMILES string of the molecule is Cc1cccc(C(=O)Nc2ccc(N3CCN(CC(=O)N4CCCCCC4)CC3)cc2C(=O)O)c1. The van der Waals surface area contributed by atoms with E-state index >= 15 is 0 Å². The fraction of sp³-hybridized carbons (Fsp3) is 0.444. The normalized spacial score (nSPS) is 17.1. The van der Waals surface area contributed by atoms with Gasteiger partial charge in [0.25, 0.3) is 5.91 Å². The first-order valence-corrected chi connectivity index (χ1v) is 12.4. The predicted octanol–water partition coefficient (Wildman–Crippen LogP) is 3.47. The Kier molecular flexibility index (Phi) is 8.02. The van der Waals surface area contributed by atoms with Crippen LogP contribution in [0.4, 0.5) is 11.4 Å². The molecule has 0 saturated carbocycles. The Bertz CT molecular complexity index is 1070. The Morgan fingerprint density at radius 1 is 0.886 bits per heavy atom. The van der Waals surface area contributed by atoms with Gasteiger partial charge >= 0.3 is 5.97 Å². The zero-order valence-corrected chi connectivity index (χ0v) is 20.3. The van der Waals surface area contributed by atoms with Crippen molar-refractivity contribution in [1.82, 2.24) is 9.80 Å². The molecule has 2 aliphatic heterocycles. The highest BCUT2D eigenvalue weighted by molar-refractivity contribution is 6.08. The van der Waals surface area contributed by atoms with Crippen molar-refractivity contribution in [3.63, 3.8) is 0 Å². The smallest absolute Gasteiger partial charge is 0.337 e. The summed E-state index contributed by atoms with van der Waals surface area (Å²) in [5, 5.41) is 12.5. The second-order valence-electron chi connectivity index (χ2n) is 9.42. The van der Waals surface area contributed by atoms with Crippen molar-refractivity contribution in [2.75, 3.05) is 56.0 Å². The van der Waals surface area contributed by atoms with E-state index in [0.29, 0.717) is 25.2 Å². The molecule has 0 atom stereocenters. The van der Waals surface area contributed by atoms with E-state index in [1.165, 1.54) is 12.8 Å². The number of nitrogens with one attached hydrogen (secondary N) is 1. The molecular weight excluding hydrogens is 444 g/mol. The summed E-state index contributed by atoms with van der Waals surface area (Å²) < 4.78 is 0. The summed E-state index contributed by atoms with van der Waals surface area (Å²) in [6, 6.07) is 12.3. The number of carbonyl (C=O) groups excluding carboxylic acids is 2. The van der Waals surface area contributed by atoms with Crippen molar-refractivity contribution in [3.05, 3.63) is 59.2 Å². The molecule has 2 amide bonds. The molecule has 8 nitrogen and oxygen atoms in total. The summed E-state index contributed by atoms with van der Waals surface area (Å²) in [7, 11) is 0. The predicted molar refractivity (Wildman–Crippen MR) is 136 cm³/mol. The molecule has 0 radical (unpaired) electrons. The Labute approximate surface area is 206 Å². The van der Waals surface area contributed by atoms with Crippen molar-refractivity contribution < 1.29 is 19.5 Å². The Balaban J connectivity index is 1.37. The lowest BCUT2D eigenvalue weighted by Gasteiger charge is -2.36. The molecule has 0 unspecified atom stereocenters. The third-order valence-electron chi connectivity index (χ3n) is 6.82. The van der Waals surface area contributed by atoms with Crippen molar-refractivity contribution in [2.24, 2.45) is 0 Å². The number of carboxylic acids is 1. The third-order valence-corrected chi connectivity index (χ3v) is 6.82. The van der Waals surface area contributed by atoms with E-state index in [2.05, 4.69) is 15.1 Å². The van der Waals surface area contributed by atoms with E-state index in [1.54, 1.807) is 30.3 Å². The number of nitrogens with zero attached hydrogens (tertiary/aromatic N) is 3. The van der Waals surface area contributed by atoms with Crippen LogP contribution >= 0.6 is 0 Å². The Morgan fingerprint density at radius 2 is 1.60 bits per heavy atom. The van der Waals surface area contributed by atoms with Gasteiger partial charge < -0.3 is 20.2 Å². The highest BCUT2D eigenvalue weighted by Gasteiger charge is 2.24. The average Bonchev–Trinajstić information content (AvgIpc) is 3.14. The molecule has 2 aromatic rings. The van der Waals surface area contributed by atoms with Gasteiger partial charge in [-0.25, -0.2) is 4.79 Å². The van der Waals surface area contributed by atoms with Crippen LogP contribution in [0.1, 0.15) is 52.0 Å². The molecule has 0 aliphatic carbocycles. The fourth-order valence-electron chi connectivity index (χ4n) is 4.77. The van der Waals surface area contributed by atoms with E-state index < -0.39 is 5.97 Å². The molecule has 2 N–H and O–H groups in total. The van der Waals surface area contributed by atoms with Gasteiger partial charge in [-0.15, -0.1) is 0 Å². The second-order valence-corrected chi connectivity index (χ2v) is 9.42. The largest absolute Gasteiger partial charge is 0.478 e. The number of benzene rings is 2. The fourth-order valence-corrected chi connectivity index (χ4v) is 4.77.